The maximum atomic E-state index is 12.4. The standard InChI is InChI=1S/C15H22N2O/c1-3-12(4-2)15(18)17-10-9-16-14-8-6-5-7-13(14)11-17/h5-8,12,16H,3-4,9-11H2,1-2H3. The summed E-state index contributed by atoms with van der Waals surface area (Å²) in [5.74, 6) is 0.480. The van der Waals surface area contributed by atoms with E-state index in [0.29, 0.717) is 5.91 Å². The van der Waals surface area contributed by atoms with E-state index in [0.717, 1.165) is 38.2 Å². The zero-order chi connectivity index (χ0) is 13.0. The highest BCUT2D eigenvalue weighted by atomic mass is 16.2. The lowest BCUT2D eigenvalue weighted by molar-refractivity contribution is -0.136. The van der Waals surface area contributed by atoms with Gasteiger partial charge >= 0.3 is 0 Å². The number of amides is 1. The van der Waals surface area contributed by atoms with Gasteiger partial charge in [0.1, 0.15) is 0 Å². The Morgan fingerprint density at radius 1 is 1.33 bits per heavy atom. The number of rotatable bonds is 3. The van der Waals surface area contributed by atoms with Crippen molar-refractivity contribution in [1.29, 1.82) is 0 Å². The number of nitrogens with zero attached hydrogens (tertiary/aromatic N) is 1. The molecule has 0 radical (unpaired) electrons. The Hall–Kier alpha value is -1.51. The Bertz CT molecular complexity index is 413. The lowest BCUT2D eigenvalue weighted by Crippen LogP contribution is -2.37. The van der Waals surface area contributed by atoms with Gasteiger partial charge in [-0.1, -0.05) is 32.0 Å². The smallest absolute Gasteiger partial charge is 0.226 e. The number of fused-ring (bicyclic) bond motifs is 1. The average Bonchev–Trinajstić information content (AvgIpc) is 2.62. The van der Waals surface area contributed by atoms with Crippen LogP contribution in [0.25, 0.3) is 0 Å². The quantitative estimate of drug-likeness (QED) is 0.889. The molecule has 0 unspecified atom stereocenters. The van der Waals surface area contributed by atoms with Gasteiger partial charge in [0.2, 0.25) is 5.91 Å². The van der Waals surface area contributed by atoms with E-state index in [1.54, 1.807) is 0 Å². The summed E-state index contributed by atoms with van der Waals surface area (Å²) in [5.41, 5.74) is 2.38. The van der Waals surface area contributed by atoms with Crippen molar-refractivity contribution in [2.24, 2.45) is 5.92 Å². The summed E-state index contributed by atoms with van der Waals surface area (Å²) in [7, 11) is 0. The highest BCUT2D eigenvalue weighted by Gasteiger charge is 2.23. The van der Waals surface area contributed by atoms with Gasteiger partial charge in [0, 0.05) is 31.2 Å². The Balaban J connectivity index is 2.14. The van der Waals surface area contributed by atoms with Crippen LogP contribution >= 0.6 is 0 Å². The van der Waals surface area contributed by atoms with Gasteiger partial charge in [-0.3, -0.25) is 4.79 Å². The highest BCUT2D eigenvalue weighted by Crippen LogP contribution is 2.22. The largest absolute Gasteiger partial charge is 0.383 e. The van der Waals surface area contributed by atoms with Crippen LogP contribution in [0.1, 0.15) is 32.3 Å². The van der Waals surface area contributed by atoms with Gasteiger partial charge in [-0.25, -0.2) is 0 Å². The molecule has 1 aromatic rings. The van der Waals surface area contributed by atoms with Gasteiger partial charge in [0.25, 0.3) is 0 Å². The fraction of sp³-hybridized carbons (Fsp3) is 0.533. The van der Waals surface area contributed by atoms with E-state index in [1.165, 1.54) is 5.56 Å². The lowest BCUT2D eigenvalue weighted by Gasteiger charge is -2.24. The number of para-hydroxylation sites is 1. The number of benzene rings is 1. The molecule has 18 heavy (non-hydrogen) atoms. The third-order valence-electron chi connectivity index (χ3n) is 3.72. The fourth-order valence-electron chi connectivity index (χ4n) is 2.53. The minimum absolute atomic E-state index is 0.176. The number of anilines is 1. The van der Waals surface area contributed by atoms with Crippen LogP contribution in [0.5, 0.6) is 0 Å². The molecular formula is C15H22N2O. The number of nitrogens with one attached hydrogen (secondary N) is 1. The molecule has 3 heteroatoms. The third-order valence-corrected chi connectivity index (χ3v) is 3.72. The first-order chi connectivity index (χ1) is 8.76. The molecule has 0 fully saturated rings. The third kappa shape index (κ3) is 2.66. The Kier molecular flexibility index (Phi) is 4.24. The first-order valence-corrected chi connectivity index (χ1v) is 6.86. The van der Waals surface area contributed by atoms with Crippen molar-refractivity contribution < 1.29 is 4.79 Å². The van der Waals surface area contributed by atoms with Crippen molar-refractivity contribution in [1.82, 2.24) is 4.90 Å². The molecule has 3 nitrogen and oxygen atoms in total. The summed E-state index contributed by atoms with van der Waals surface area (Å²) in [6, 6.07) is 8.25. The zero-order valence-corrected chi connectivity index (χ0v) is 11.3. The number of carbonyl (C=O) groups is 1. The predicted molar refractivity (Wildman–Crippen MR) is 74.4 cm³/mol. The molecule has 98 valence electrons. The van der Waals surface area contributed by atoms with Crippen LogP contribution in [-0.4, -0.2) is 23.9 Å². The molecule has 1 aromatic carbocycles. The molecule has 0 aliphatic carbocycles. The van der Waals surface area contributed by atoms with Gasteiger partial charge in [0.05, 0.1) is 0 Å². The molecule has 0 saturated heterocycles. The summed E-state index contributed by atoms with van der Waals surface area (Å²) in [5, 5.41) is 3.39. The van der Waals surface area contributed by atoms with Crippen LogP contribution in [0.3, 0.4) is 0 Å². The van der Waals surface area contributed by atoms with Crippen LogP contribution in [0, 0.1) is 5.92 Å². The van der Waals surface area contributed by atoms with Gasteiger partial charge in [0.15, 0.2) is 0 Å². The zero-order valence-electron chi connectivity index (χ0n) is 11.3. The monoisotopic (exact) mass is 246 g/mol. The molecule has 0 aromatic heterocycles. The molecule has 1 aliphatic rings. The van der Waals surface area contributed by atoms with Gasteiger partial charge in [-0.05, 0) is 24.5 Å². The molecule has 0 spiro atoms. The van der Waals surface area contributed by atoms with Crippen LogP contribution in [0.15, 0.2) is 24.3 Å². The van der Waals surface area contributed by atoms with E-state index in [9.17, 15) is 4.79 Å². The molecule has 1 aliphatic heterocycles. The second-order valence-corrected chi connectivity index (χ2v) is 4.86. The van der Waals surface area contributed by atoms with Crippen LogP contribution in [0.4, 0.5) is 5.69 Å². The summed E-state index contributed by atoms with van der Waals surface area (Å²) < 4.78 is 0. The van der Waals surface area contributed by atoms with Gasteiger partial charge in [-0.2, -0.15) is 0 Å². The van der Waals surface area contributed by atoms with E-state index < -0.39 is 0 Å². The second kappa shape index (κ2) is 5.89. The molecule has 2 rings (SSSR count). The Morgan fingerprint density at radius 3 is 2.78 bits per heavy atom. The SMILES string of the molecule is CCC(CC)C(=O)N1CCNc2ccccc2C1. The summed E-state index contributed by atoms with van der Waals surface area (Å²) in [4.78, 5) is 14.4. The predicted octanol–water partition coefficient (Wildman–Crippen LogP) is 2.88. The molecule has 0 atom stereocenters. The maximum absolute atomic E-state index is 12.4. The van der Waals surface area contributed by atoms with Gasteiger partial charge < -0.3 is 10.2 Å². The topological polar surface area (TPSA) is 32.3 Å². The van der Waals surface area contributed by atoms with Crippen LogP contribution in [-0.2, 0) is 11.3 Å². The Morgan fingerprint density at radius 2 is 2.06 bits per heavy atom. The van der Waals surface area contributed by atoms with Crippen molar-refractivity contribution in [3.8, 4) is 0 Å². The lowest BCUT2D eigenvalue weighted by atomic mass is 10.0. The minimum Gasteiger partial charge on any atom is -0.383 e. The highest BCUT2D eigenvalue weighted by molar-refractivity contribution is 5.79. The van der Waals surface area contributed by atoms with Crippen molar-refractivity contribution in [2.75, 3.05) is 18.4 Å². The average molecular weight is 246 g/mol. The normalized spacial score (nSPS) is 14.9. The van der Waals surface area contributed by atoms with E-state index >= 15 is 0 Å². The molecule has 1 amide bonds. The van der Waals surface area contributed by atoms with Crippen molar-refractivity contribution in [2.45, 2.75) is 33.2 Å². The molecule has 0 bridgehead atoms. The molecular weight excluding hydrogens is 224 g/mol. The van der Waals surface area contributed by atoms with Crippen molar-refractivity contribution in [3.05, 3.63) is 29.8 Å². The minimum atomic E-state index is 0.176. The van der Waals surface area contributed by atoms with Crippen LogP contribution < -0.4 is 5.32 Å². The fourth-order valence-corrected chi connectivity index (χ4v) is 2.53. The van der Waals surface area contributed by atoms with E-state index in [4.69, 9.17) is 0 Å². The van der Waals surface area contributed by atoms with E-state index in [2.05, 4.69) is 31.3 Å². The molecule has 0 saturated carbocycles. The maximum Gasteiger partial charge on any atom is 0.226 e. The van der Waals surface area contributed by atoms with E-state index in [1.807, 2.05) is 17.0 Å². The Labute approximate surface area is 109 Å². The summed E-state index contributed by atoms with van der Waals surface area (Å²) in [6.07, 6.45) is 1.86. The number of hydrogen-bond acceptors (Lipinski definition) is 2. The first-order valence-electron chi connectivity index (χ1n) is 6.86. The second-order valence-electron chi connectivity index (χ2n) is 4.86. The van der Waals surface area contributed by atoms with Crippen molar-refractivity contribution >= 4 is 11.6 Å². The first kappa shape index (κ1) is 12.9. The molecule has 1 heterocycles. The molecule has 1 N–H and O–H groups in total. The summed E-state index contributed by atoms with van der Waals surface area (Å²) in [6.45, 7) is 6.55. The summed E-state index contributed by atoms with van der Waals surface area (Å²) >= 11 is 0. The van der Waals surface area contributed by atoms with Gasteiger partial charge in [-0.15, -0.1) is 0 Å². The van der Waals surface area contributed by atoms with Crippen molar-refractivity contribution in [3.63, 3.8) is 0 Å². The number of hydrogen-bond donors (Lipinski definition) is 1. The van der Waals surface area contributed by atoms with Crippen LogP contribution in [0.2, 0.25) is 0 Å². The van der Waals surface area contributed by atoms with E-state index in [-0.39, 0.29) is 5.92 Å². The number of carbonyl (C=O) groups excluding carboxylic acids is 1.